The fourth-order valence-electron chi connectivity index (χ4n) is 5.01. The number of benzene rings is 3. The van der Waals surface area contributed by atoms with Crippen molar-refractivity contribution in [2.24, 2.45) is 0 Å². The number of nitrogens with zero attached hydrogens (tertiary/aromatic N) is 4. The summed E-state index contributed by atoms with van der Waals surface area (Å²) in [7, 11) is -2.54. The summed E-state index contributed by atoms with van der Waals surface area (Å²) in [5.74, 6) is 1.21. The second-order valence-electron chi connectivity index (χ2n) is 10.5. The van der Waals surface area contributed by atoms with E-state index in [2.05, 4.69) is 28.8 Å². The summed E-state index contributed by atoms with van der Waals surface area (Å²) in [4.78, 5) is 5.04. The highest BCUT2D eigenvalue weighted by atomic mass is 32.2. The Labute approximate surface area is 253 Å². The number of anilines is 1. The number of hydrogen-bond donors (Lipinski definition) is 0. The van der Waals surface area contributed by atoms with Crippen molar-refractivity contribution in [3.8, 4) is 11.1 Å². The van der Waals surface area contributed by atoms with Gasteiger partial charge in [-0.15, -0.1) is 0 Å². The van der Waals surface area contributed by atoms with E-state index in [0.717, 1.165) is 51.6 Å². The number of ether oxygens (including phenoxy) is 2. The molecule has 9 nitrogen and oxygen atoms in total. The molecule has 5 aromatic rings. The largest absolute Gasteiger partial charge is 0.382 e. The Kier molecular flexibility index (Phi) is 9.59. The van der Waals surface area contributed by atoms with E-state index in [1.807, 2.05) is 48.5 Å². The minimum absolute atomic E-state index is 0.131. The maximum absolute atomic E-state index is 14.2. The van der Waals surface area contributed by atoms with Gasteiger partial charge in [0.1, 0.15) is 12.6 Å². The number of aryl methyl sites for hydroxylation is 2. The molecule has 0 N–H and O–H groups in total. The molecule has 43 heavy (non-hydrogen) atoms. The van der Waals surface area contributed by atoms with Gasteiger partial charge in [0.25, 0.3) is 10.0 Å². The standard InChI is InChI=1S/C33H38N4O5S/c1-5-6-15-32-34-29-12-8-9-13-30(29)36(32)22-26-16-18-27(19-17-26)28-11-7-10-14-31(28)43(38,39)37(23-41-21-20-40-4)33-24(2)25(3)35-42-33/h7-14,16-19H,5-6,15,20-23H2,1-4H3. The Morgan fingerprint density at radius 2 is 1.70 bits per heavy atom. The van der Waals surface area contributed by atoms with Gasteiger partial charge in [-0.1, -0.05) is 73.1 Å². The predicted molar refractivity (Wildman–Crippen MR) is 168 cm³/mol. The fourth-order valence-corrected chi connectivity index (χ4v) is 6.57. The molecule has 0 unspecified atom stereocenters. The molecule has 3 aromatic carbocycles. The third-order valence-electron chi connectivity index (χ3n) is 7.55. The molecule has 0 saturated heterocycles. The van der Waals surface area contributed by atoms with E-state index in [-0.39, 0.29) is 24.1 Å². The molecule has 226 valence electrons. The molecule has 0 radical (unpaired) electrons. The highest BCUT2D eigenvalue weighted by Gasteiger charge is 2.32. The van der Waals surface area contributed by atoms with Crippen LogP contribution in [0.15, 0.2) is 82.2 Å². The summed E-state index contributed by atoms with van der Waals surface area (Å²) in [6, 6.07) is 23.2. The maximum atomic E-state index is 14.2. The van der Waals surface area contributed by atoms with Crippen LogP contribution in [0.1, 0.15) is 42.4 Å². The zero-order valence-electron chi connectivity index (χ0n) is 25.1. The Morgan fingerprint density at radius 3 is 2.42 bits per heavy atom. The van der Waals surface area contributed by atoms with Crippen molar-refractivity contribution in [1.82, 2.24) is 14.7 Å². The average molecular weight is 603 g/mol. The molecule has 0 atom stereocenters. The third-order valence-corrected chi connectivity index (χ3v) is 9.31. The van der Waals surface area contributed by atoms with E-state index in [9.17, 15) is 8.42 Å². The van der Waals surface area contributed by atoms with Gasteiger partial charge in [-0.05, 0) is 49.6 Å². The summed E-state index contributed by atoms with van der Waals surface area (Å²) in [5.41, 5.74) is 5.82. The third kappa shape index (κ3) is 6.51. The summed E-state index contributed by atoms with van der Waals surface area (Å²) < 4.78 is 48.0. The predicted octanol–water partition coefficient (Wildman–Crippen LogP) is 6.51. The number of aromatic nitrogens is 3. The van der Waals surface area contributed by atoms with Gasteiger partial charge in [0.15, 0.2) is 0 Å². The van der Waals surface area contributed by atoms with Crippen LogP contribution in [0.5, 0.6) is 0 Å². The van der Waals surface area contributed by atoms with Crippen LogP contribution in [-0.4, -0.2) is 50.2 Å². The van der Waals surface area contributed by atoms with Crippen LogP contribution in [0.2, 0.25) is 0 Å². The average Bonchev–Trinajstić information content (AvgIpc) is 3.54. The lowest BCUT2D eigenvalue weighted by Gasteiger charge is -2.23. The Hall–Kier alpha value is -3.99. The molecule has 2 aromatic heterocycles. The fraction of sp³-hybridized carbons (Fsp3) is 0.333. The first-order chi connectivity index (χ1) is 20.8. The van der Waals surface area contributed by atoms with Crippen molar-refractivity contribution >= 4 is 26.9 Å². The molecule has 0 aliphatic carbocycles. The van der Waals surface area contributed by atoms with Crippen LogP contribution in [0.4, 0.5) is 5.88 Å². The lowest BCUT2D eigenvalue weighted by molar-refractivity contribution is 0.0744. The van der Waals surface area contributed by atoms with Crippen molar-refractivity contribution in [3.05, 3.63) is 95.4 Å². The SMILES string of the molecule is CCCCc1nc2ccccc2n1Cc1ccc(-c2ccccc2S(=O)(=O)N(COCCOC)c2onc(C)c2C)cc1. The molecule has 5 rings (SSSR count). The van der Waals surface area contributed by atoms with E-state index in [1.54, 1.807) is 33.1 Å². The number of hydrogen-bond acceptors (Lipinski definition) is 7. The van der Waals surface area contributed by atoms with E-state index >= 15 is 0 Å². The molecule has 0 aliphatic heterocycles. The topological polar surface area (TPSA) is 99.7 Å². The molecule has 0 saturated carbocycles. The molecule has 0 bridgehead atoms. The Balaban J connectivity index is 1.46. The molecule has 10 heteroatoms. The number of para-hydroxylation sites is 2. The second-order valence-corrected chi connectivity index (χ2v) is 12.3. The number of fused-ring (bicyclic) bond motifs is 1. The molecule has 0 spiro atoms. The number of sulfonamides is 1. The van der Waals surface area contributed by atoms with Crippen LogP contribution >= 0.6 is 0 Å². The van der Waals surface area contributed by atoms with Crippen molar-refractivity contribution in [2.45, 2.75) is 51.5 Å². The first kappa shape index (κ1) is 30.5. The lowest BCUT2D eigenvalue weighted by atomic mass is 10.0. The molecule has 0 amide bonds. The van der Waals surface area contributed by atoms with Gasteiger partial charge in [0, 0.05) is 31.2 Å². The number of imidazole rings is 1. The van der Waals surface area contributed by atoms with Crippen molar-refractivity contribution < 1.29 is 22.4 Å². The first-order valence-electron chi connectivity index (χ1n) is 14.5. The normalized spacial score (nSPS) is 11.8. The number of rotatable bonds is 14. The molecule has 0 fully saturated rings. The quantitative estimate of drug-likeness (QED) is 0.105. The van der Waals surface area contributed by atoms with E-state index < -0.39 is 10.0 Å². The minimum Gasteiger partial charge on any atom is -0.382 e. The van der Waals surface area contributed by atoms with Crippen LogP contribution in [0, 0.1) is 13.8 Å². The summed E-state index contributed by atoms with van der Waals surface area (Å²) in [6.45, 7) is 6.73. The smallest absolute Gasteiger partial charge is 0.269 e. The number of methoxy groups -OCH3 is 1. The van der Waals surface area contributed by atoms with Gasteiger partial charge >= 0.3 is 0 Å². The van der Waals surface area contributed by atoms with Crippen LogP contribution in [0.3, 0.4) is 0 Å². The zero-order chi connectivity index (χ0) is 30.4. The van der Waals surface area contributed by atoms with Crippen LogP contribution in [-0.2, 0) is 32.5 Å². The van der Waals surface area contributed by atoms with Gasteiger partial charge in [0.05, 0.1) is 34.8 Å². The molecule has 0 aliphatic rings. The first-order valence-corrected chi connectivity index (χ1v) is 15.9. The van der Waals surface area contributed by atoms with Crippen molar-refractivity contribution in [2.75, 3.05) is 31.4 Å². The molecular weight excluding hydrogens is 564 g/mol. The summed E-state index contributed by atoms with van der Waals surface area (Å²) in [5, 5.41) is 3.98. The molecule has 2 heterocycles. The second kappa shape index (κ2) is 13.5. The van der Waals surface area contributed by atoms with E-state index in [1.165, 1.54) is 0 Å². The number of unbranched alkanes of at least 4 members (excludes halogenated alkanes) is 1. The minimum atomic E-state index is -4.10. The van der Waals surface area contributed by atoms with Crippen LogP contribution in [0.25, 0.3) is 22.2 Å². The van der Waals surface area contributed by atoms with Gasteiger partial charge in [0.2, 0.25) is 5.88 Å². The van der Waals surface area contributed by atoms with E-state index in [4.69, 9.17) is 19.0 Å². The zero-order valence-corrected chi connectivity index (χ0v) is 25.9. The monoisotopic (exact) mass is 602 g/mol. The van der Waals surface area contributed by atoms with E-state index in [0.29, 0.717) is 30.0 Å². The Morgan fingerprint density at radius 1 is 0.953 bits per heavy atom. The Bertz CT molecular complexity index is 1780. The van der Waals surface area contributed by atoms with Crippen molar-refractivity contribution in [3.63, 3.8) is 0 Å². The van der Waals surface area contributed by atoms with Gasteiger partial charge in [-0.2, -0.15) is 0 Å². The molecular formula is C33H38N4O5S. The lowest BCUT2D eigenvalue weighted by Crippen LogP contribution is -2.34. The van der Waals surface area contributed by atoms with Gasteiger partial charge in [-0.3, -0.25) is 0 Å². The highest BCUT2D eigenvalue weighted by Crippen LogP contribution is 2.34. The van der Waals surface area contributed by atoms with Crippen molar-refractivity contribution in [1.29, 1.82) is 0 Å². The summed E-state index contributed by atoms with van der Waals surface area (Å²) in [6.07, 6.45) is 3.10. The summed E-state index contributed by atoms with van der Waals surface area (Å²) >= 11 is 0. The highest BCUT2D eigenvalue weighted by molar-refractivity contribution is 7.93. The van der Waals surface area contributed by atoms with Gasteiger partial charge < -0.3 is 18.6 Å². The van der Waals surface area contributed by atoms with Gasteiger partial charge in [-0.25, -0.2) is 17.7 Å². The maximum Gasteiger partial charge on any atom is 0.269 e. The van der Waals surface area contributed by atoms with Crippen LogP contribution < -0.4 is 4.31 Å².